The van der Waals surface area contributed by atoms with Gasteiger partial charge in [-0.15, -0.1) is 5.11 Å². The average molecular weight is 128 g/mol. The molecule has 0 heterocycles. The third-order valence-corrected chi connectivity index (χ3v) is 0.620. The van der Waals surface area contributed by atoms with Gasteiger partial charge in [-0.3, -0.25) is 0 Å². The smallest absolute Gasteiger partial charge is 0.166 e. The number of rotatable bonds is 1. The topological polar surface area (TPSA) is 63.1 Å². The summed E-state index contributed by atoms with van der Waals surface area (Å²) < 4.78 is 0. The van der Waals surface area contributed by atoms with Crippen molar-refractivity contribution in [2.45, 2.75) is 26.8 Å². The Kier molecular flexibility index (Phi) is 3.59. The fourth-order valence-corrected chi connectivity index (χ4v) is 0.225. The van der Waals surface area contributed by atoms with Crippen molar-refractivity contribution < 1.29 is 0 Å². The zero-order valence-corrected chi connectivity index (χ0v) is 6.00. The number of hydrogen-bond donors (Lipinski definition) is 1. The van der Waals surface area contributed by atoms with Gasteiger partial charge in [-0.2, -0.15) is 10.2 Å². The molecule has 0 aromatic rings. The van der Waals surface area contributed by atoms with Crippen LogP contribution in [0.1, 0.15) is 20.8 Å². The molecule has 0 aliphatic carbocycles. The van der Waals surface area contributed by atoms with Crippen molar-refractivity contribution in [1.29, 1.82) is 0 Å². The van der Waals surface area contributed by atoms with E-state index in [1.54, 1.807) is 6.92 Å². The normalized spacial score (nSPS) is 13.6. The number of azo groups is 1. The molecular weight excluding hydrogens is 116 g/mol. The summed E-state index contributed by atoms with van der Waals surface area (Å²) in [5.41, 5.74) is 0. The fraction of sp³-hybridized carbons (Fsp3) is 0.800. The van der Waals surface area contributed by atoms with Gasteiger partial charge >= 0.3 is 0 Å². The van der Waals surface area contributed by atoms with E-state index >= 15 is 0 Å². The second-order valence-corrected chi connectivity index (χ2v) is 1.99. The number of nitrogens with two attached hydrogens (primary N) is 1. The van der Waals surface area contributed by atoms with E-state index in [2.05, 4.69) is 15.3 Å². The molecule has 4 heteroatoms. The van der Waals surface area contributed by atoms with E-state index in [1.807, 2.05) is 13.8 Å². The van der Waals surface area contributed by atoms with E-state index < -0.39 is 0 Å². The van der Waals surface area contributed by atoms with Crippen molar-refractivity contribution >= 4 is 5.84 Å². The minimum atomic E-state index is 0.210. The summed E-state index contributed by atoms with van der Waals surface area (Å²) >= 11 is 0. The highest BCUT2D eigenvalue weighted by Crippen LogP contribution is 1.87. The van der Waals surface area contributed by atoms with Crippen LogP contribution in [-0.2, 0) is 0 Å². The number of hydrazone groups is 1. The van der Waals surface area contributed by atoms with Gasteiger partial charge in [-0.05, 0) is 20.8 Å². The molecular formula is C5H12N4. The molecule has 4 nitrogen and oxygen atoms in total. The average Bonchev–Trinajstić information content (AvgIpc) is 1.83. The minimum Gasteiger partial charge on any atom is -0.321 e. The highest BCUT2D eigenvalue weighted by Gasteiger charge is 1.85. The number of hydrogen-bond acceptors (Lipinski definition) is 3. The van der Waals surface area contributed by atoms with Crippen LogP contribution in [0.5, 0.6) is 0 Å². The number of nitrogens with zero attached hydrogens (tertiary/aromatic N) is 3. The van der Waals surface area contributed by atoms with Crippen molar-refractivity contribution in [2.75, 3.05) is 0 Å². The Hall–Kier alpha value is -0.930. The molecule has 0 aliphatic rings. The van der Waals surface area contributed by atoms with Crippen LogP contribution in [0.4, 0.5) is 0 Å². The maximum atomic E-state index is 4.89. The summed E-state index contributed by atoms with van der Waals surface area (Å²) in [5.74, 6) is 5.40. The lowest BCUT2D eigenvalue weighted by Crippen LogP contribution is -1.93. The summed E-state index contributed by atoms with van der Waals surface area (Å²) in [6.45, 7) is 5.58. The van der Waals surface area contributed by atoms with Crippen molar-refractivity contribution in [2.24, 2.45) is 21.2 Å². The van der Waals surface area contributed by atoms with Gasteiger partial charge in [0.1, 0.15) is 0 Å². The van der Waals surface area contributed by atoms with E-state index in [0.717, 1.165) is 0 Å². The lowest BCUT2D eigenvalue weighted by atomic mass is 10.4. The molecule has 0 rings (SSSR count). The first-order valence-corrected chi connectivity index (χ1v) is 2.82. The fourth-order valence-electron chi connectivity index (χ4n) is 0.225. The number of amidine groups is 1. The van der Waals surface area contributed by atoms with Gasteiger partial charge < -0.3 is 5.84 Å². The first kappa shape index (κ1) is 8.07. The quantitative estimate of drug-likeness (QED) is 0.186. The third kappa shape index (κ3) is 4.93. The summed E-state index contributed by atoms with van der Waals surface area (Å²) in [6.07, 6.45) is 0. The molecule has 2 N–H and O–H groups in total. The third-order valence-electron chi connectivity index (χ3n) is 0.620. The van der Waals surface area contributed by atoms with Gasteiger partial charge in [0.15, 0.2) is 5.84 Å². The Morgan fingerprint density at radius 3 is 2.33 bits per heavy atom. The maximum Gasteiger partial charge on any atom is 0.166 e. The van der Waals surface area contributed by atoms with E-state index in [-0.39, 0.29) is 6.04 Å². The first-order valence-electron chi connectivity index (χ1n) is 2.82. The van der Waals surface area contributed by atoms with Crippen LogP contribution in [0.2, 0.25) is 0 Å². The molecule has 0 unspecified atom stereocenters. The predicted octanol–water partition coefficient (Wildman–Crippen LogP) is 1.14. The zero-order valence-electron chi connectivity index (χ0n) is 6.00. The molecule has 9 heavy (non-hydrogen) atoms. The molecule has 52 valence electrons. The molecule has 0 atom stereocenters. The molecule has 0 aromatic carbocycles. The second kappa shape index (κ2) is 4.00. The van der Waals surface area contributed by atoms with Crippen molar-refractivity contribution in [1.82, 2.24) is 0 Å². The Bertz CT molecular complexity index is 125. The molecule has 0 bridgehead atoms. The van der Waals surface area contributed by atoms with Crippen LogP contribution in [0.3, 0.4) is 0 Å². The minimum absolute atomic E-state index is 0.210. The van der Waals surface area contributed by atoms with Gasteiger partial charge in [-0.1, -0.05) is 0 Å². The van der Waals surface area contributed by atoms with E-state index in [9.17, 15) is 0 Å². The Labute approximate surface area is 54.9 Å². The van der Waals surface area contributed by atoms with E-state index in [4.69, 9.17) is 5.84 Å². The van der Waals surface area contributed by atoms with Gasteiger partial charge in [0, 0.05) is 0 Å². The van der Waals surface area contributed by atoms with Gasteiger partial charge in [0.25, 0.3) is 0 Å². The van der Waals surface area contributed by atoms with Gasteiger partial charge in [-0.25, -0.2) is 0 Å². The summed E-state index contributed by atoms with van der Waals surface area (Å²) in [6, 6.07) is 0.210. The molecule has 0 amide bonds. The summed E-state index contributed by atoms with van der Waals surface area (Å²) in [4.78, 5) is 0. The van der Waals surface area contributed by atoms with Crippen LogP contribution in [0.25, 0.3) is 0 Å². The van der Waals surface area contributed by atoms with Crippen LogP contribution < -0.4 is 5.84 Å². The van der Waals surface area contributed by atoms with Crippen LogP contribution in [-0.4, -0.2) is 11.9 Å². The Balaban J connectivity index is 3.71. The van der Waals surface area contributed by atoms with E-state index in [0.29, 0.717) is 5.84 Å². The monoisotopic (exact) mass is 128 g/mol. The standard InChI is InChI=1S/C5H12N4/c1-4(2)8-9-5(3)7-6/h4H,6H2,1-3H3/b7-5-,9-8?. The summed E-state index contributed by atoms with van der Waals surface area (Å²) in [7, 11) is 0. The van der Waals surface area contributed by atoms with Crippen LogP contribution >= 0.6 is 0 Å². The molecule has 0 saturated heterocycles. The lowest BCUT2D eigenvalue weighted by molar-refractivity contribution is 0.783. The SMILES string of the molecule is C/C(N=NC(C)C)=N/N. The molecule has 0 saturated carbocycles. The predicted molar refractivity (Wildman–Crippen MR) is 37.3 cm³/mol. The molecule has 0 spiro atoms. The van der Waals surface area contributed by atoms with E-state index in [1.165, 1.54) is 0 Å². The second-order valence-electron chi connectivity index (χ2n) is 1.99. The zero-order chi connectivity index (χ0) is 7.28. The Morgan fingerprint density at radius 1 is 1.44 bits per heavy atom. The lowest BCUT2D eigenvalue weighted by Gasteiger charge is -1.90. The molecule has 0 fully saturated rings. The Morgan fingerprint density at radius 2 is 2.00 bits per heavy atom. The highest BCUT2D eigenvalue weighted by molar-refractivity contribution is 5.79. The first-order chi connectivity index (χ1) is 4.16. The van der Waals surface area contributed by atoms with Gasteiger partial charge in [0.05, 0.1) is 6.04 Å². The van der Waals surface area contributed by atoms with Gasteiger partial charge in [0.2, 0.25) is 0 Å². The maximum absolute atomic E-state index is 4.89. The molecule has 0 aliphatic heterocycles. The highest BCUT2D eigenvalue weighted by atomic mass is 15.2. The summed E-state index contributed by atoms with van der Waals surface area (Å²) in [5, 5.41) is 10.8. The van der Waals surface area contributed by atoms with Crippen molar-refractivity contribution in [3.63, 3.8) is 0 Å². The van der Waals surface area contributed by atoms with Crippen LogP contribution in [0.15, 0.2) is 15.3 Å². The largest absolute Gasteiger partial charge is 0.321 e. The van der Waals surface area contributed by atoms with Crippen molar-refractivity contribution in [3.05, 3.63) is 0 Å². The molecule has 0 aromatic heterocycles. The van der Waals surface area contributed by atoms with Crippen molar-refractivity contribution in [3.8, 4) is 0 Å². The van der Waals surface area contributed by atoms with Crippen LogP contribution in [0, 0.1) is 0 Å². The molecule has 0 radical (unpaired) electrons.